The maximum Gasteiger partial charge on any atom is 0.227 e. The number of hydrogen-bond donors (Lipinski definition) is 1. The fourth-order valence-corrected chi connectivity index (χ4v) is 3.16. The molecule has 1 aromatic carbocycles. The fourth-order valence-electron chi connectivity index (χ4n) is 3.16. The van der Waals surface area contributed by atoms with Gasteiger partial charge in [-0.05, 0) is 43.7 Å². The van der Waals surface area contributed by atoms with Crippen LogP contribution in [-0.2, 0) is 4.79 Å². The summed E-state index contributed by atoms with van der Waals surface area (Å²) in [5.74, 6) is 0.231. The highest BCUT2D eigenvalue weighted by Gasteiger charge is 2.28. The molecule has 1 atom stereocenters. The van der Waals surface area contributed by atoms with Gasteiger partial charge < -0.3 is 15.1 Å². The first-order chi connectivity index (χ1) is 10.2. The lowest BCUT2D eigenvalue weighted by Gasteiger charge is -2.38. The Balaban J connectivity index is 1.54. The molecule has 0 radical (unpaired) electrons. The number of nitrogens with one attached hydrogen (secondary N) is 1. The zero-order valence-electron chi connectivity index (χ0n) is 12.2. The molecule has 0 aromatic heterocycles. The molecule has 114 valence electrons. The molecule has 1 amide bonds. The zero-order valence-corrected chi connectivity index (χ0v) is 12.2. The van der Waals surface area contributed by atoms with Gasteiger partial charge >= 0.3 is 0 Å². The van der Waals surface area contributed by atoms with E-state index in [1.807, 2.05) is 4.90 Å². The average Bonchev–Trinajstić information content (AvgIpc) is 2.56. The van der Waals surface area contributed by atoms with Crippen LogP contribution >= 0.6 is 0 Å². The smallest absolute Gasteiger partial charge is 0.227 e. The van der Waals surface area contributed by atoms with Crippen molar-refractivity contribution in [2.24, 2.45) is 5.92 Å². The molecule has 2 saturated heterocycles. The van der Waals surface area contributed by atoms with Gasteiger partial charge in [0.15, 0.2) is 0 Å². The van der Waals surface area contributed by atoms with Crippen molar-refractivity contribution in [3.05, 3.63) is 30.1 Å². The summed E-state index contributed by atoms with van der Waals surface area (Å²) in [6, 6.07) is 6.58. The van der Waals surface area contributed by atoms with Crippen molar-refractivity contribution in [1.82, 2.24) is 10.2 Å². The summed E-state index contributed by atoms with van der Waals surface area (Å²) in [7, 11) is 0. The van der Waals surface area contributed by atoms with Gasteiger partial charge in [0.2, 0.25) is 5.91 Å². The van der Waals surface area contributed by atoms with Crippen LogP contribution in [0.5, 0.6) is 0 Å². The van der Waals surface area contributed by atoms with Gasteiger partial charge in [0.05, 0.1) is 5.92 Å². The third-order valence-corrected chi connectivity index (χ3v) is 4.43. The van der Waals surface area contributed by atoms with Crippen molar-refractivity contribution >= 4 is 11.6 Å². The van der Waals surface area contributed by atoms with Crippen molar-refractivity contribution in [3.8, 4) is 0 Å². The third-order valence-electron chi connectivity index (χ3n) is 4.43. The summed E-state index contributed by atoms with van der Waals surface area (Å²) in [6.45, 7) is 4.99. The topological polar surface area (TPSA) is 35.6 Å². The van der Waals surface area contributed by atoms with Crippen LogP contribution in [0.1, 0.15) is 12.8 Å². The third kappa shape index (κ3) is 3.35. The van der Waals surface area contributed by atoms with Gasteiger partial charge in [0.25, 0.3) is 0 Å². The molecule has 0 aliphatic carbocycles. The lowest BCUT2D eigenvalue weighted by Crippen LogP contribution is -2.52. The Morgan fingerprint density at radius 1 is 1.14 bits per heavy atom. The van der Waals surface area contributed by atoms with E-state index in [1.165, 1.54) is 12.1 Å². The van der Waals surface area contributed by atoms with Crippen molar-refractivity contribution in [2.45, 2.75) is 12.8 Å². The number of amides is 1. The van der Waals surface area contributed by atoms with Gasteiger partial charge in [-0.1, -0.05) is 0 Å². The Kier molecular flexibility index (Phi) is 4.39. The molecule has 0 unspecified atom stereocenters. The largest absolute Gasteiger partial charge is 0.368 e. The van der Waals surface area contributed by atoms with Crippen LogP contribution < -0.4 is 10.2 Å². The first-order valence-electron chi connectivity index (χ1n) is 7.74. The first kappa shape index (κ1) is 14.3. The highest BCUT2D eigenvalue weighted by Crippen LogP contribution is 2.19. The normalized spacial score (nSPS) is 23.2. The Morgan fingerprint density at radius 3 is 2.48 bits per heavy atom. The number of halogens is 1. The fraction of sp³-hybridized carbons (Fsp3) is 0.562. The molecule has 2 heterocycles. The van der Waals surface area contributed by atoms with Crippen molar-refractivity contribution in [1.29, 1.82) is 0 Å². The van der Waals surface area contributed by atoms with Crippen LogP contribution in [0.4, 0.5) is 10.1 Å². The summed E-state index contributed by atoms with van der Waals surface area (Å²) >= 11 is 0. The van der Waals surface area contributed by atoms with Gasteiger partial charge in [0.1, 0.15) is 5.82 Å². The van der Waals surface area contributed by atoms with Crippen molar-refractivity contribution in [2.75, 3.05) is 44.2 Å². The van der Waals surface area contributed by atoms with E-state index in [2.05, 4.69) is 10.2 Å². The number of anilines is 1. The average molecular weight is 291 g/mol. The van der Waals surface area contributed by atoms with Crippen LogP contribution in [0, 0.1) is 11.7 Å². The number of hydrogen-bond acceptors (Lipinski definition) is 3. The summed E-state index contributed by atoms with van der Waals surface area (Å²) in [6.07, 6.45) is 2.09. The van der Waals surface area contributed by atoms with Crippen LogP contribution in [0.3, 0.4) is 0 Å². The number of piperazine rings is 1. The number of carbonyl (C=O) groups is 1. The van der Waals surface area contributed by atoms with Gasteiger partial charge in [-0.15, -0.1) is 0 Å². The molecule has 2 fully saturated rings. The van der Waals surface area contributed by atoms with E-state index in [-0.39, 0.29) is 11.7 Å². The minimum absolute atomic E-state index is 0.149. The van der Waals surface area contributed by atoms with Gasteiger partial charge in [-0.2, -0.15) is 0 Å². The van der Waals surface area contributed by atoms with Crippen molar-refractivity contribution < 1.29 is 9.18 Å². The summed E-state index contributed by atoms with van der Waals surface area (Å²) in [5, 5.41) is 3.30. The number of nitrogens with zero attached hydrogens (tertiary/aromatic N) is 2. The van der Waals surface area contributed by atoms with E-state index in [0.717, 1.165) is 57.8 Å². The molecule has 3 rings (SSSR count). The highest BCUT2D eigenvalue weighted by atomic mass is 19.1. The second kappa shape index (κ2) is 6.43. The number of benzene rings is 1. The predicted molar refractivity (Wildman–Crippen MR) is 80.8 cm³/mol. The van der Waals surface area contributed by atoms with Gasteiger partial charge in [-0.25, -0.2) is 4.39 Å². The lowest BCUT2D eigenvalue weighted by molar-refractivity contribution is -0.136. The van der Waals surface area contributed by atoms with Crippen molar-refractivity contribution in [3.63, 3.8) is 0 Å². The van der Waals surface area contributed by atoms with E-state index in [9.17, 15) is 9.18 Å². The maximum absolute atomic E-state index is 13.0. The van der Waals surface area contributed by atoms with Gasteiger partial charge in [-0.3, -0.25) is 4.79 Å². The maximum atomic E-state index is 13.0. The van der Waals surface area contributed by atoms with Crippen LogP contribution in [0.2, 0.25) is 0 Å². The molecule has 1 N–H and O–H groups in total. The number of carbonyl (C=O) groups excluding carboxylic acids is 1. The van der Waals surface area contributed by atoms with Crippen LogP contribution in [-0.4, -0.2) is 50.1 Å². The molecular formula is C16H22FN3O. The molecule has 0 spiro atoms. The summed E-state index contributed by atoms with van der Waals surface area (Å²) in [5.41, 5.74) is 1.03. The molecule has 2 aliphatic rings. The van der Waals surface area contributed by atoms with E-state index >= 15 is 0 Å². The second-order valence-electron chi connectivity index (χ2n) is 5.83. The van der Waals surface area contributed by atoms with E-state index in [0.29, 0.717) is 5.91 Å². The standard InChI is InChI=1S/C16H22FN3O/c17-14-3-5-15(6-4-14)19-8-10-20(11-9-19)16(21)13-2-1-7-18-12-13/h3-6,13,18H,1-2,7-12H2/t13-/m1/s1. The molecular weight excluding hydrogens is 269 g/mol. The Morgan fingerprint density at radius 2 is 1.86 bits per heavy atom. The zero-order chi connectivity index (χ0) is 14.7. The number of piperidine rings is 1. The van der Waals surface area contributed by atoms with Gasteiger partial charge in [0, 0.05) is 38.4 Å². The van der Waals surface area contributed by atoms with Crippen LogP contribution in [0.25, 0.3) is 0 Å². The Bertz CT molecular complexity index is 477. The molecule has 4 nitrogen and oxygen atoms in total. The van der Waals surface area contributed by atoms with Crippen LogP contribution in [0.15, 0.2) is 24.3 Å². The summed E-state index contributed by atoms with van der Waals surface area (Å²) < 4.78 is 13.0. The first-order valence-corrected chi connectivity index (χ1v) is 7.74. The second-order valence-corrected chi connectivity index (χ2v) is 5.83. The SMILES string of the molecule is O=C([C@@H]1CCCNC1)N1CCN(c2ccc(F)cc2)CC1. The highest BCUT2D eigenvalue weighted by molar-refractivity contribution is 5.79. The molecule has 0 saturated carbocycles. The minimum atomic E-state index is -0.211. The predicted octanol–water partition coefficient (Wildman–Crippen LogP) is 1.47. The lowest BCUT2D eigenvalue weighted by atomic mass is 9.98. The molecule has 0 bridgehead atoms. The molecule has 21 heavy (non-hydrogen) atoms. The Labute approximate surface area is 124 Å². The van der Waals surface area contributed by atoms with E-state index < -0.39 is 0 Å². The van der Waals surface area contributed by atoms with E-state index in [1.54, 1.807) is 12.1 Å². The van der Waals surface area contributed by atoms with E-state index in [4.69, 9.17) is 0 Å². The molecule has 1 aromatic rings. The number of rotatable bonds is 2. The quantitative estimate of drug-likeness (QED) is 0.896. The molecule has 5 heteroatoms. The minimum Gasteiger partial charge on any atom is -0.368 e. The molecule has 2 aliphatic heterocycles. The Hall–Kier alpha value is -1.62. The summed E-state index contributed by atoms with van der Waals surface area (Å²) in [4.78, 5) is 16.7. The monoisotopic (exact) mass is 291 g/mol.